The van der Waals surface area contributed by atoms with Crippen molar-refractivity contribution in [1.82, 2.24) is 4.90 Å². The Bertz CT molecular complexity index is 743. The van der Waals surface area contributed by atoms with Crippen molar-refractivity contribution in [1.29, 1.82) is 0 Å². The molecule has 0 saturated carbocycles. The Hall–Kier alpha value is -2.62. The maximum atomic E-state index is 12.5. The molecule has 1 aliphatic heterocycles. The number of carbonyl (C=O) groups excluding carboxylic acids is 2. The van der Waals surface area contributed by atoms with Gasteiger partial charge in [0.2, 0.25) is 11.8 Å². The predicted octanol–water partition coefficient (Wildman–Crippen LogP) is 3.28. The monoisotopic (exact) mass is 336 g/mol. The van der Waals surface area contributed by atoms with Gasteiger partial charge in [0.25, 0.3) is 0 Å². The van der Waals surface area contributed by atoms with E-state index in [9.17, 15) is 9.59 Å². The fourth-order valence-corrected chi connectivity index (χ4v) is 3.19. The second-order valence-corrected chi connectivity index (χ2v) is 6.52. The number of hydrogen-bond donors (Lipinski definition) is 1. The van der Waals surface area contributed by atoms with Gasteiger partial charge in [-0.25, -0.2) is 0 Å². The number of carbonyl (C=O) groups is 2. The van der Waals surface area contributed by atoms with Crippen LogP contribution in [-0.4, -0.2) is 29.8 Å². The maximum Gasteiger partial charge on any atom is 0.229 e. The largest absolute Gasteiger partial charge is 0.342 e. The number of nitrogens with zero attached hydrogens (tertiary/aromatic N) is 1. The Balaban J connectivity index is 1.55. The van der Waals surface area contributed by atoms with Crippen molar-refractivity contribution >= 4 is 17.5 Å². The summed E-state index contributed by atoms with van der Waals surface area (Å²) in [5, 5.41) is 2.96. The molecule has 25 heavy (non-hydrogen) atoms. The molecule has 2 amide bonds. The van der Waals surface area contributed by atoms with Crippen LogP contribution < -0.4 is 5.32 Å². The second kappa shape index (κ2) is 7.97. The molecule has 2 aromatic carbocycles. The zero-order valence-corrected chi connectivity index (χ0v) is 14.6. The number of aryl methyl sites for hydroxylation is 1. The molecule has 0 bridgehead atoms. The quantitative estimate of drug-likeness (QED) is 0.880. The van der Waals surface area contributed by atoms with E-state index < -0.39 is 0 Å². The maximum absolute atomic E-state index is 12.5. The molecule has 1 N–H and O–H groups in total. The minimum Gasteiger partial charge on any atom is -0.342 e. The summed E-state index contributed by atoms with van der Waals surface area (Å²) in [7, 11) is 0. The van der Waals surface area contributed by atoms with E-state index in [1.807, 2.05) is 42.5 Å². The van der Waals surface area contributed by atoms with E-state index in [0.717, 1.165) is 18.5 Å². The van der Waals surface area contributed by atoms with Gasteiger partial charge < -0.3 is 10.2 Å². The summed E-state index contributed by atoms with van der Waals surface area (Å²) >= 11 is 0. The lowest BCUT2D eigenvalue weighted by Gasteiger charge is -2.16. The van der Waals surface area contributed by atoms with E-state index >= 15 is 0 Å². The first-order valence-corrected chi connectivity index (χ1v) is 8.87. The number of benzene rings is 2. The molecule has 4 heteroatoms. The Morgan fingerprint density at radius 1 is 1.12 bits per heavy atom. The molecule has 1 atom stereocenters. The van der Waals surface area contributed by atoms with Crippen LogP contribution in [0.25, 0.3) is 0 Å². The number of rotatable bonds is 6. The third-order valence-corrected chi connectivity index (χ3v) is 4.70. The fraction of sp³-hybridized carbons (Fsp3) is 0.333. The van der Waals surface area contributed by atoms with Gasteiger partial charge in [0, 0.05) is 25.2 Å². The lowest BCUT2D eigenvalue weighted by atomic mass is 10.1. The Morgan fingerprint density at radius 2 is 1.88 bits per heavy atom. The highest BCUT2D eigenvalue weighted by atomic mass is 16.2. The molecular weight excluding hydrogens is 312 g/mol. The molecule has 3 rings (SSSR count). The Morgan fingerprint density at radius 3 is 2.64 bits per heavy atom. The average Bonchev–Trinajstić information content (AvgIpc) is 3.02. The highest BCUT2D eigenvalue weighted by Gasteiger charge is 2.33. The van der Waals surface area contributed by atoms with Crippen LogP contribution in [0.4, 0.5) is 5.69 Å². The van der Waals surface area contributed by atoms with Crippen molar-refractivity contribution in [3.8, 4) is 0 Å². The summed E-state index contributed by atoms with van der Waals surface area (Å²) in [5.74, 6) is -0.268. The average molecular weight is 336 g/mol. The summed E-state index contributed by atoms with van der Waals surface area (Å²) in [6.45, 7) is 3.25. The molecule has 2 aromatic rings. The smallest absolute Gasteiger partial charge is 0.229 e. The molecular formula is C21H24N2O2. The molecule has 4 nitrogen and oxygen atoms in total. The first-order valence-electron chi connectivity index (χ1n) is 8.87. The third kappa shape index (κ3) is 4.47. The molecule has 0 unspecified atom stereocenters. The zero-order chi connectivity index (χ0) is 17.6. The first kappa shape index (κ1) is 17.2. The van der Waals surface area contributed by atoms with Gasteiger partial charge in [-0.2, -0.15) is 0 Å². The van der Waals surface area contributed by atoms with Gasteiger partial charge in [0.15, 0.2) is 0 Å². The van der Waals surface area contributed by atoms with Gasteiger partial charge in [-0.1, -0.05) is 49.4 Å². The lowest BCUT2D eigenvalue weighted by Crippen LogP contribution is -2.30. The van der Waals surface area contributed by atoms with Crippen LogP contribution in [0.1, 0.15) is 24.5 Å². The molecule has 1 fully saturated rings. The van der Waals surface area contributed by atoms with Crippen LogP contribution in [0.15, 0.2) is 54.6 Å². The first-order chi connectivity index (χ1) is 12.2. The van der Waals surface area contributed by atoms with Crippen molar-refractivity contribution in [3.63, 3.8) is 0 Å². The predicted molar refractivity (Wildman–Crippen MR) is 99.3 cm³/mol. The molecule has 130 valence electrons. The van der Waals surface area contributed by atoms with Gasteiger partial charge in [-0.05, 0) is 36.1 Å². The summed E-state index contributed by atoms with van der Waals surface area (Å²) in [6, 6.07) is 18.0. The Kier molecular flexibility index (Phi) is 5.49. The van der Waals surface area contributed by atoms with Crippen LogP contribution in [0.2, 0.25) is 0 Å². The number of nitrogens with one attached hydrogen (secondary N) is 1. The summed E-state index contributed by atoms with van der Waals surface area (Å²) in [5.41, 5.74) is 3.20. The summed E-state index contributed by atoms with van der Waals surface area (Å²) in [4.78, 5) is 26.5. The zero-order valence-electron chi connectivity index (χ0n) is 14.6. The molecule has 1 heterocycles. The van der Waals surface area contributed by atoms with Gasteiger partial charge >= 0.3 is 0 Å². The highest BCUT2D eigenvalue weighted by molar-refractivity contribution is 5.97. The number of likely N-dealkylation sites (tertiary alicyclic amines) is 1. The van der Waals surface area contributed by atoms with E-state index in [4.69, 9.17) is 0 Å². The normalized spacial score (nSPS) is 16.9. The van der Waals surface area contributed by atoms with Crippen LogP contribution in [0.5, 0.6) is 0 Å². The second-order valence-electron chi connectivity index (χ2n) is 6.52. The molecule has 0 spiro atoms. The van der Waals surface area contributed by atoms with Crippen molar-refractivity contribution in [2.45, 2.75) is 26.2 Å². The van der Waals surface area contributed by atoms with Crippen LogP contribution >= 0.6 is 0 Å². The number of anilines is 1. The van der Waals surface area contributed by atoms with Gasteiger partial charge in [0.1, 0.15) is 0 Å². The molecule has 0 aliphatic carbocycles. The van der Waals surface area contributed by atoms with Crippen molar-refractivity contribution in [2.75, 3.05) is 18.4 Å². The number of amides is 2. The minimum atomic E-state index is -0.270. The van der Waals surface area contributed by atoms with Gasteiger partial charge in [0.05, 0.1) is 5.92 Å². The molecule has 0 radical (unpaired) electrons. The van der Waals surface area contributed by atoms with E-state index in [0.29, 0.717) is 19.5 Å². The van der Waals surface area contributed by atoms with Gasteiger partial charge in [-0.3, -0.25) is 9.59 Å². The van der Waals surface area contributed by atoms with E-state index in [2.05, 4.69) is 24.4 Å². The summed E-state index contributed by atoms with van der Waals surface area (Å²) in [6.07, 6.45) is 2.05. The lowest BCUT2D eigenvalue weighted by molar-refractivity contribution is -0.128. The molecule has 1 aliphatic rings. The number of hydrogen-bond acceptors (Lipinski definition) is 2. The van der Waals surface area contributed by atoms with E-state index in [1.165, 1.54) is 11.1 Å². The van der Waals surface area contributed by atoms with Crippen LogP contribution in [-0.2, 0) is 22.4 Å². The fourth-order valence-electron chi connectivity index (χ4n) is 3.19. The van der Waals surface area contributed by atoms with Crippen LogP contribution in [0, 0.1) is 5.92 Å². The standard InChI is InChI=1S/C21H24N2O2/c1-2-16-9-6-10-19(13-16)22-21(25)18-14-20(24)23(15-18)12-11-17-7-4-3-5-8-17/h3-10,13,18H,2,11-12,14-15H2,1H3,(H,22,25)/t18-/m0/s1. The topological polar surface area (TPSA) is 49.4 Å². The SMILES string of the molecule is CCc1cccc(NC(=O)[C@H]2CC(=O)N(CCc3ccccc3)C2)c1. The molecule has 0 aromatic heterocycles. The van der Waals surface area contributed by atoms with Crippen molar-refractivity contribution in [3.05, 3.63) is 65.7 Å². The third-order valence-electron chi connectivity index (χ3n) is 4.70. The van der Waals surface area contributed by atoms with Crippen molar-refractivity contribution < 1.29 is 9.59 Å². The Labute approximate surface area is 148 Å². The molecule has 1 saturated heterocycles. The van der Waals surface area contributed by atoms with E-state index in [-0.39, 0.29) is 17.7 Å². The summed E-state index contributed by atoms with van der Waals surface area (Å²) < 4.78 is 0. The van der Waals surface area contributed by atoms with Crippen molar-refractivity contribution in [2.24, 2.45) is 5.92 Å². The van der Waals surface area contributed by atoms with Crippen LogP contribution in [0.3, 0.4) is 0 Å². The van der Waals surface area contributed by atoms with Gasteiger partial charge in [-0.15, -0.1) is 0 Å². The highest BCUT2D eigenvalue weighted by Crippen LogP contribution is 2.21. The minimum absolute atomic E-state index is 0.0659. The van der Waals surface area contributed by atoms with E-state index in [1.54, 1.807) is 4.90 Å².